The summed E-state index contributed by atoms with van der Waals surface area (Å²) < 4.78 is 2.75. The summed E-state index contributed by atoms with van der Waals surface area (Å²) in [6, 6.07) is -0.588. The van der Waals surface area contributed by atoms with E-state index in [1.54, 1.807) is 11.6 Å². The van der Waals surface area contributed by atoms with E-state index in [0.29, 0.717) is 11.5 Å². The van der Waals surface area contributed by atoms with Crippen LogP contribution in [0.15, 0.2) is 21.7 Å². The summed E-state index contributed by atoms with van der Waals surface area (Å²) in [7, 11) is 1.79. The Morgan fingerprint density at radius 1 is 1.68 bits per heavy atom. The van der Waals surface area contributed by atoms with E-state index in [2.05, 4.69) is 10.9 Å². The van der Waals surface area contributed by atoms with Gasteiger partial charge in [0.2, 0.25) is 5.91 Å². The van der Waals surface area contributed by atoms with Crippen LogP contribution in [0.5, 0.6) is 0 Å². The van der Waals surface area contributed by atoms with E-state index in [9.17, 15) is 14.7 Å². The maximum absolute atomic E-state index is 11.8. The molecular formula is C11H15N5O3S3. The first-order chi connectivity index (χ1) is 10.5. The fourth-order valence-corrected chi connectivity index (χ4v) is 5.49. The van der Waals surface area contributed by atoms with Crippen molar-refractivity contribution in [3.63, 3.8) is 0 Å². The molecule has 3 rings (SSSR count). The van der Waals surface area contributed by atoms with Crippen molar-refractivity contribution in [1.82, 2.24) is 20.3 Å². The molecule has 5 N–H and O–H groups in total. The van der Waals surface area contributed by atoms with E-state index in [4.69, 9.17) is 5.73 Å². The minimum absolute atomic E-state index is 0.102. The van der Waals surface area contributed by atoms with Crippen molar-refractivity contribution in [2.24, 2.45) is 5.73 Å². The summed E-state index contributed by atoms with van der Waals surface area (Å²) in [5.41, 5.74) is 12.5. The Kier molecular flexibility index (Phi) is 4.61. The van der Waals surface area contributed by atoms with Gasteiger partial charge in [-0.2, -0.15) is 0 Å². The predicted octanol–water partition coefficient (Wildman–Crippen LogP) is -0.298. The zero-order valence-electron chi connectivity index (χ0n) is 11.6. The molecule has 1 unspecified atom stereocenters. The number of fused-ring (bicyclic) bond motifs is 1. The molecule has 1 saturated heterocycles. The first-order valence-electron chi connectivity index (χ1n) is 6.43. The molecule has 1 fully saturated rings. The third-order valence-corrected chi connectivity index (χ3v) is 6.97. The summed E-state index contributed by atoms with van der Waals surface area (Å²) in [6.07, 6.45) is 1.84. The van der Waals surface area contributed by atoms with Crippen LogP contribution in [0.4, 0.5) is 0 Å². The molecule has 22 heavy (non-hydrogen) atoms. The summed E-state index contributed by atoms with van der Waals surface area (Å²) in [6.45, 7) is 0. The fraction of sp³-hybridized carbons (Fsp3) is 0.455. The average Bonchev–Trinajstić information content (AvgIpc) is 2.99. The topological polar surface area (TPSA) is 111 Å². The van der Waals surface area contributed by atoms with Crippen LogP contribution in [0, 0.1) is 0 Å². The Hall–Kier alpha value is -0.850. The second-order valence-corrected chi connectivity index (χ2v) is 8.05. The van der Waals surface area contributed by atoms with E-state index in [-0.39, 0.29) is 17.0 Å². The highest BCUT2D eigenvalue weighted by atomic mass is 32.2. The number of amides is 1. The Balaban J connectivity index is 1.71. The maximum atomic E-state index is 11.8. The predicted molar refractivity (Wildman–Crippen MR) is 87.9 cm³/mol. The van der Waals surface area contributed by atoms with Gasteiger partial charge in [-0.1, -0.05) is 4.52 Å². The number of hydrogen-bond acceptors (Lipinski definition) is 9. The van der Waals surface area contributed by atoms with Crippen molar-refractivity contribution >= 4 is 47.3 Å². The number of rotatable bonds is 5. The van der Waals surface area contributed by atoms with Gasteiger partial charge < -0.3 is 16.3 Å². The van der Waals surface area contributed by atoms with Gasteiger partial charge in [0.25, 0.3) is 0 Å². The van der Waals surface area contributed by atoms with Crippen LogP contribution in [-0.2, 0) is 9.59 Å². The smallest absolute Gasteiger partial charge is 0.352 e. The molecule has 0 saturated carbocycles. The average molecular weight is 361 g/mol. The molecule has 0 bridgehead atoms. The maximum Gasteiger partial charge on any atom is 0.352 e. The van der Waals surface area contributed by atoms with Crippen molar-refractivity contribution in [2.75, 3.05) is 18.6 Å². The lowest BCUT2D eigenvalue weighted by Gasteiger charge is -2.48. The Morgan fingerprint density at radius 2 is 2.45 bits per heavy atom. The fourth-order valence-electron chi connectivity index (χ4n) is 2.28. The molecule has 0 spiro atoms. The van der Waals surface area contributed by atoms with Crippen LogP contribution in [-0.4, -0.2) is 56.4 Å². The Bertz CT molecular complexity index is 581. The monoisotopic (exact) mass is 361 g/mol. The van der Waals surface area contributed by atoms with Crippen molar-refractivity contribution in [1.29, 1.82) is 0 Å². The largest absolute Gasteiger partial charge is 0.477 e. The molecule has 11 heteroatoms. The second kappa shape index (κ2) is 6.34. The van der Waals surface area contributed by atoms with Crippen LogP contribution < -0.4 is 16.6 Å². The van der Waals surface area contributed by atoms with Crippen LogP contribution in [0.2, 0.25) is 0 Å². The second-order valence-electron chi connectivity index (χ2n) is 4.68. The number of nitrogens with two attached hydrogens (primary N) is 1. The van der Waals surface area contributed by atoms with Crippen LogP contribution in [0.25, 0.3) is 0 Å². The molecule has 3 aliphatic rings. The highest BCUT2D eigenvalue weighted by Crippen LogP contribution is 2.42. The first-order valence-corrected chi connectivity index (χ1v) is 9.24. The molecule has 3 heterocycles. The molecule has 2 atom stereocenters. The summed E-state index contributed by atoms with van der Waals surface area (Å²) in [5.74, 6) is -0.269. The number of nitrogens with zero attached hydrogens (tertiary/aromatic N) is 2. The Morgan fingerprint density at radius 3 is 3.09 bits per heavy atom. The van der Waals surface area contributed by atoms with Gasteiger partial charge in [0.1, 0.15) is 17.1 Å². The van der Waals surface area contributed by atoms with Crippen LogP contribution in [0.1, 0.15) is 0 Å². The summed E-state index contributed by atoms with van der Waals surface area (Å²) in [5, 5.41) is 9.20. The number of nitrogens with one attached hydrogen (secondary N) is 2. The third-order valence-electron chi connectivity index (χ3n) is 3.36. The summed E-state index contributed by atoms with van der Waals surface area (Å²) >= 11 is 4.54. The number of carbonyl (C=O) groups is 2. The molecule has 0 aromatic carbocycles. The van der Waals surface area contributed by atoms with Crippen molar-refractivity contribution in [3.05, 3.63) is 21.7 Å². The molecule has 120 valence electrons. The number of thioether (sulfide) groups is 2. The standard InChI is InChI=1S/C11H15N5O3S3/c1-13-16-14-2-6(22-16)20-3-5-4-21-10-7(12)9(17)15(10)8(5)11(18)19/h2,7,10,13-14H,3-4,12H2,1H3,(H,18,19)/t7?,10-/m1/s1. The lowest BCUT2D eigenvalue weighted by molar-refractivity contribution is -0.147. The highest BCUT2D eigenvalue weighted by Gasteiger charge is 2.51. The van der Waals surface area contributed by atoms with E-state index < -0.39 is 12.0 Å². The molecule has 0 aromatic heterocycles. The van der Waals surface area contributed by atoms with Crippen LogP contribution in [0.3, 0.4) is 0 Å². The lowest BCUT2D eigenvalue weighted by Crippen LogP contribution is -2.68. The number of carbonyl (C=O) groups excluding carboxylic acids is 1. The van der Waals surface area contributed by atoms with Gasteiger partial charge in [-0.25, -0.2) is 10.2 Å². The molecule has 8 nitrogen and oxygen atoms in total. The van der Waals surface area contributed by atoms with Crippen molar-refractivity contribution < 1.29 is 14.7 Å². The van der Waals surface area contributed by atoms with Crippen molar-refractivity contribution in [3.8, 4) is 0 Å². The number of carboxylic acid groups (broad SMARTS) is 1. The van der Waals surface area contributed by atoms with E-state index in [1.807, 2.05) is 6.20 Å². The van der Waals surface area contributed by atoms with Gasteiger partial charge in [0, 0.05) is 36.7 Å². The van der Waals surface area contributed by atoms with Gasteiger partial charge in [-0.3, -0.25) is 9.69 Å². The number of aliphatic carboxylic acids is 1. The van der Waals surface area contributed by atoms with Gasteiger partial charge >= 0.3 is 5.97 Å². The zero-order valence-corrected chi connectivity index (χ0v) is 14.1. The molecule has 0 radical (unpaired) electrons. The molecule has 0 aromatic rings. The highest BCUT2D eigenvalue weighted by molar-refractivity contribution is 8.21. The first kappa shape index (κ1) is 16.0. The number of hydrazine groups is 2. The zero-order chi connectivity index (χ0) is 15.9. The number of hydrogen-bond donors (Lipinski definition) is 4. The van der Waals surface area contributed by atoms with Crippen molar-refractivity contribution in [2.45, 2.75) is 11.4 Å². The van der Waals surface area contributed by atoms with Gasteiger partial charge in [0.15, 0.2) is 0 Å². The van der Waals surface area contributed by atoms with Gasteiger partial charge in [-0.15, -0.1) is 23.5 Å². The van der Waals surface area contributed by atoms with Gasteiger partial charge in [0.05, 0.1) is 4.24 Å². The van der Waals surface area contributed by atoms with E-state index >= 15 is 0 Å². The number of β-lactam (4-membered cyclic amide) rings is 1. The quantitative estimate of drug-likeness (QED) is 0.385. The molecule has 3 aliphatic heterocycles. The molecule has 0 aliphatic carbocycles. The minimum Gasteiger partial charge on any atom is -0.477 e. The summed E-state index contributed by atoms with van der Waals surface area (Å²) in [4.78, 5) is 24.7. The SMILES string of the molecule is CNN1NC=C(SCC2=C(C(=O)O)N3C(=O)C(N)[C@H]3SC2)S1. The lowest BCUT2D eigenvalue weighted by atomic mass is 10.0. The molecular weight excluding hydrogens is 346 g/mol. The minimum atomic E-state index is -1.07. The van der Waals surface area contributed by atoms with Gasteiger partial charge in [-0.05, 0) is 5.57 Å². The van der Waals surface area contributed by atoms with E-state index in [0.717, 1.165) is 9.81 Å². The number of carboxylic acids is 1. The molecule has 1 amide bonds. The third kappa shape index (κ3) is 2.72. The van der Waals surface area contributed by atoms with Crippen LogP contribution >= 0.6 is 35.5 Å². The normalized spacial score (nSPS) is 28.2. The van der Waals surface area contributed by atoms with E-state index in [1.165, 1.54) is 40.4 Å². The Labute approximate surface area is 140 Å².